The molecule has 0 bridgehead atoms. The van der Waals surface area contributed by atoms with E-state index in [9.17, 15) is 18.0 Å². The van der Waals surface area contributed by atoms with Gasteiger partial charge in [0, 0.05) is 12.4 Å². The first kappa shape index (κ1) is 13.0. The number of nitrogens with zero attached hydrogens (tertiary/aromatic N) is 4. The van der Waals surface area contributed by atoms with Gasteiger partial charge in [-0.05, 0) is 11.6 Å². The predicted octanol–water partition coefficient (Wildman–Crippen LogP) is 1.44. The number of pyridine rings is 1. The lowest BCUT2D eigenvalue weighted by molar-refractivity contribution is -0.144. The monoisotopic (exact) mass is 272 g/mol. The number of hydrogen-bond acceptors (Lipinski definition) is 4. The van der Waals surface area contributed by atoms with E-state index in [-0.39, 0.29) is 6.54 Å². The average molecular weight is 272 g/mol. The summed E-state index contributed by atoms with van der Waals surface area (Å²) in [4.78, 5) is 14.5. The molecular weight excluding hydrogens is 265 g/mol. The second-order valence-corrected chi connectivity index (χ2v) is 3.61. The zero-order chi connectivity index (χ0) is 14.0. The van der Waals surface area contributed by atoms with Gasteiger partial charge in [-0.15, -0.1) is 5.10 Å². The van der Waals surface area contributed by atoms with Gasteiger partial charge in [0.25, 0.3) is 0 Å². The molecule has 0 radical (unpaired) electrons. The smallest absolute Gasteiger partial charge is 0.435 e. The maximum Gasteiger partial charge on any atom is 0.435 e. The fraction of sp³-hybridized carbons (Fsp3) is 0.200. The highest BCUT2D eigenvalue weighted by Crippen LogP contribution is 2.31. The minimum Gasteiger partial charge on any atom is -0.476 e. The molecular formula is C10H7F3N4O2. The molecule has 1 N–H and O–H groups in total. The molecule has 0 spiro atoms. The third kappa shape index (κ3) is 2.69. The third-order valence-corrected chi connectivity index (χ3v) is 2.26. The lowest BCUT2D eigenvalue weighted by Crippen LogP contribution is -2.19. The quantitative estimate of drug-likeness (QED) is 0.914. The molecule has 0 unspecified atom stereocenters. The molecule has 2 aromatic heterocycles. The molecule has 0 aliphatic carbocycles. The molecule has 19 heavy (non-hydrogen) atoms. The molecule has 0 aromatic carbocycles. The zero-order valence-corrected chi connectivity index (χ0v) is 9.29. The molecule has 0 amide bonds. The Hall–Kier alpha value is -2.45. The first-order valence-electron chi connectivity index (χ1n) is 5.02. The van der Waals surface area contributed by atoms with Crippen molar-refractivity contribution in [1.82, 2.24) is 20.0 Å². The summed E-state index contributed by atoms with van der Waals surface area (Å²) in [5.74, 6) is -1.77. The Balaban J connectivity index is 2.44. The first-order chi connectivity index (χ1) is 8.89. The largest absolute Gasteiger partial charge is 0.476 e. The number of carbonyl (C=O) groups is 1. The Labute approximate surface area is 104 Å². The van der Waals surface area contributed by atoms with Crippen LogP contribution >= 0.6 is 0 Å². The van der Waals surface area contributed by atoms with Gasteiger partial charge in [-0.2, -0.15) is 13.2 Å². The Morgan fingerprint density at radius 2 is 2.16 bits per heavy atom. The van der Waals surface area contributed by atoms with Gasteiger partial charge >= 0.3 is 12.1 Å². The van der Waals surface area contributed by atoms with Crippen molar-refractivity contribution in [1.29, 1.82) is 0 Å². The molecule has 100 valence electrons. The highest BCUT2D eigenvalue weighted by atomic mass is 19.4. The van der Waals surface area contributed by atoms with Crippen molar-refractivity contribution in [2.45, 2.75) is 12.7 Å². The number of rotatable bonds is 3. The summed E-state index contributed by atoms with van der Waals surface area (Å²) in [5.41, 5.74) is -2.05. The van der Waals surface area contributed by atoms with E-state index in [1.54, 1.807) is 12.1 Å². The van der Waals surface area contributed by atoms with Crippen molar-refractivity contribution >= 4 is 5.97 Å². The van der Waals surface area contributed by atoms with Gasteiger partial charge in [0.05, 0.1) is 6.54 Å². The van der Waals surface area contributed by atoms with E-state index in [1.807, 2.05) is 0 Å². The molecule has 0 atom stereocenters. The normalized spacial score (nSPS) is 11.5. The van der Waals surface area contributed by atoms with Crippen LogP contribution in [-0.4, -0.2) is 31.1 Å². The molecule has 0 saturated carbocycles. The summed E-state index contributed by atoms with van der Waals surface area (Å²) in [6.07, 6.45) is -2.01. The molecule has 2 rings (SSSR count). The van der Waals surface area contributed by atoms with E-state index in [1.165, 1.54) is 12.4 Å². The van der Waals surface area contributed by atoms with E-state index in [2.05, 4.69) is 15.3 Å². The zero-order valence-electron chi connectivity index (χ0n) is 9.29. The lowest BCUT2D eigenvalue weighted by Gasteiger charge is -2.09. The number of halogens is 3. The van der Waals surface area contributed by atoms with Crippen molar-refractivity contribution in [2.24, 2.45) is 0 Å². The molecule has 0 aliphatic rings. The summed E-state index contributed by atoms with van der Waals surface area (Å²) >= 11 is 0. The lowest BCUT2D eigenvalue weighted by atomic mass is 10.2. The highest BCUT2D eigenvalue weighted by molar-refractivity contribution is 5.86. The van der Waals surface area contributed by atoms with Gasteiger partial charge in [-0.25, -0.2) is 9.48 Å². The molecule has 2 aromatic rings. The Morgan fingerprint density at radius 3 is 2.68 bits per heavy atom. The van der Waals surface area contributed by atoms with Crippen molar-refractivity contribution in [2.75, 3.05) is 0 Å². The second-order valence-electron chi connectivity index (χ2n) is 3.61. The molecule has 0 aliphatic heterocycles. The van der Waals surface area contributed by atoms with Crippen molar-refractivity contribution in [3.05, 3.63) is 41.5 Å². The van der Waals surface area contributed by atoms with Crippen LogP contribution in [0.2, 0.25) is 0 Å². The van der Waals surface area contributed by atoms with Crippen molar-refractivity contribution in [3.63, 3.8) is 0 Å². The fourth-order valence-corrected chi connectivity index (χ4v) is 1.51. The van der Waals surface area contributed by atoms with Crippen molar-refractivity contribution < 1.29 is 23.1 Å². The number of aromatic carboxylic acids is 1. The van der Waals surface area contributed by atoms with Crippen LogP contribution < -0.4 is 0 Å². The number of hydrogen-bond donors (Lipinski definition) is 1. The number of carboxylic acids is 1. The van der Waals surface area contributed by atoms with E-state index in [0.29, 0.717) is 10.2 Å². The van der Waals surface area contributed by atoms with Gasteiger partial charge in [0.1, 0.15) is 0 Å². The van der Waals surface area contributed by atoms with Crippen LogP contribution in [0.25, 0.3) is 0 Å². The van der Waals surface area contributed by atoms with Crippen LogP contribution in [-0.2, 0) is 12.7 Å². The maximum absolute atomic E-state index is 12.8. The minimum absolute atomic E-state index is 0.261. The van der Waals surface area contributed by atoms with E-state index < -0.39 is 23.5 Å². The van der Waals surface area contributed by atoms with Crippen LogP contribution in [0.15, 0.2) is 24.5 Å². The average Bonchev–Trinajstić information content (AvgIpc) is 2.74. The maximum atomic E-state index is 12.8. The summed E-state index contributed by atoms with van der Waals surface area (Å²) in [6.45, 7) is -0.261. The number of alkyl halides is 3. The van der Waals surface area contributed by atoms with Crippen molar-refractivity contribution in [3.8, 4) is 0 Å². The topological polar surface area (TPSA) is 80.9 Å². The Morgan fingerprint density at radius 1 is 1.42 bits per heavy atom. The van der Waals surface area contributed by atoms with Crippen LogP contribution in [0.4, 0.5) is 13.2 Å². The summed E-state index contributed by atoms with van der Waals surface area (Å²) in [5, 5.41) is 15.0. The van der Waals surface area contributed by atoms with E-state index in [4.69, 9.17) is 5.11 Å². The van der Waals surface area contributed by atoms with Gasteiger partial charge in [-0.1, -0.05) is 11.3 Å². The first-order valence-corrected chi connectivity index (χ1v) is 5.02. The summed E-state index contributed by atoms with van der Waals surface area (Å²) in [6, 6.07) is 3.10. The minimum atomic E-state index is -4.85. The van der Waals surface area contributed by atoms with Gasteiger partial charge in [-0.3, -0.25) is 4.98 Å². The van der Waals surface area contributed by atoms with Crippen LogP contribution in [0.3, 0.4) is 0 Å². The molecule has 9 heteroatoms. The van der Waals surface area contributed by atoms with Crippen LogP contribution in [0.5, 0.6) is 0 Å². The van der Waals surface area contributed by atoms with E-state index >= 15 is 0 Å². The summed E-state index contributed by atoms with van der Waals surface area (Å²) < 4.78 is 39.0. The van der Waals surface area contributed by atoms with Crippen LogP contribution in [0.1, 0.15) is 21.7 Å². The second kappa shape index (κ2) is 4.67. The van der Waals surface area contributed by atoms with Gasteiger partial charge in [0.15, 0.2) is 5.69 Å². The highest BCUT2D eigenvalue weighted by Gasteiger charge is 2.41. The predicted molar refractivity (Wildman–Crippen MR) is 55.3 cm³/mol. The van der Waals surface area contributed by atoms with E-state index in [0.717, 1.165) is 0 Å². The number of aromatic nitrogens is 4. The number of carboxylic acid groups (broad SMARTS) is 1. The molecule has 0 saturated heterocycles. The standard InChI is InChI=1S/C10H7F3N4O2/c11-10(12,13)8-7(9(18)19)15-16-17(8)5-6-2-1-3-14-4-6/h1-4H,5H2,(H,18,19). The molecule has 2 heterocycles. The fourth-order valence-electron chi connectivity index (χ4n) is 1.51. The Bertz CT molecular complexity index is 595. The van der Waals surface area contributed by atoms with Gasteiger partial charge in [0.2, 0.25) is 5.69 Å². The Kier molecular flexibility index (Phi) is 3.19. The van der Waals surface area contributed by atoms with Crippen LogP contribution in [0, 0.1) is 0 Å². The summed E-state index contributed by atoms with van der Waals surface area (Å²) in [7, 11) is 0. The molecule has 0 fully saturated rings. The SMILES string of the molecule is O=C(O)c1nnn(Cc2cccnc2)c1C(F)(F)F. The molecule has 6 nitrogen and oxygen atoms in total. The van der Waals surface area contributed by atoms with Gasteiger partial charge < -0.3 is 5.11 Å². The third-order valence-electron chi connectivity index (χ3n) is 2.26.